The molecule has 1 aromatic heterocycles. The summed E-state index contributed by atoms with van der Waals surface area (Å²) < 4.78 is 16.8. The zero-order valence-electron chi connectivity index (χ0n) is 14.7. The van der Waals surface area contributed by atoms with Crippen LogP contribution in [-0.2, 0) is 25.6 Å². The largest absolute Gasteiger partial charge is 0.461 e. The summed E-state index contributed by atoms with van der Waals surface area (Å²) in [6.45, 7) is -0.303. The van der Waals surface area contributed by atoms with Gasteiger partial charge in [-0.05, 0) is 5.56 Å². The van der Waals surface area contributed by atoms with Gasteiger partial charge in [0.25, 0.3) is 5.91 Å². The third-order valence-electron chi connectivity index (χ3n) is 4.07. The Hall–Kier alpha value is -2.86. The van der Waals surface area contributed by atoms with Crippen LogP contribution in [-0.4, -0.2) is 68.4 Å². The Morgan fingerprint density at radius 1 is 1.21 bits per heavy atom. The van der Waals surface area contributed by atoms with Crippen LogP contribution >= 0.6 is 0 Å². The molecule has 1 amide bonds. The van der Waals surface area contributed by atoms with Crippen LogP contribution in [0.15, 0.2) is 36.7 Å². The number of esters is 1. The van der Waals surface area contributed by atoms with Gasteiger partial charge < -0.3 is 30.2 Å². The molecule has 0 radical (unpaired) electrons. The van der Waals surface area contributed by atoms with Crippen molar-refractivity contribution in [3.05, 3.63) is 48.0 Å². The maximum absolute atomic E-state index is 11.8. The Kier molecular flexibility index (Phi) is 6.31. The number of ether oxygens (including phenoxy) is 3. The van der Waals surface area contributed by atoms with Gasteiger partial charge in [-0.3, -0.25) is 4.79 Å². The molecule has 1 aliphatic rings. The maximum Gasteiger partial charge on any atom is 0.332 e. The molecule has 3 rings (SSSR count). The fourth-order valence-electron chi connectivity index (χ4n) is 2.64. The Morgan fingerprint density at radius 3 is 2.64 bits per heavy atom. The number of nitrogens with two attached hydrogens (primary N) is 1. The van der Waals surface area contributed by atoms with Crippen LogP contribution in [0.5, 0.6) is 0 Å². The lowest BCUT2D eigenvalue weighted by molar-refractivity contribution is -0.155. The average Bonchev–Trinajstić information content (AvgIpc) is 3.27. The molecule has 1 aliphatic heterocycles. The summed E-state index contributed by atoms with van der Waals surface area (Å²) in [4.78, 5) is 26.5. The standard InChI is InChI=1S/C17H20N4O7/c18-15(25)16-19-9-21(20-16)17-14(24)13(23)11(28-17)7-27-12(22)8-26-6-10-4-2-1-3-5-10/h1-5,9,11,13-14,17,23-24H,6-8H2,(H2,18,25)/t11?,13?,14-,17?/m1/s1. The molecule has 11 nitrogen and oxygen atoms in total. The number of amides is 1. The molecule has 1 aromatic carbocycles. The predicted molar refractivity (Wildman–Crippen MR) is 91.5 cm³/mol. The molecular weight excluding hydrogens is 372 g/mol. The van der Waals surface area contributed by atoms with E-state index in [-0.39, 0.29) is 25.6 Å². The van der Waals surface area contributed by atoms with E-state index >= 15 is 0 Å². The molecule has 2 aromatic rings. The van der Waals surface area contributed by atoms with Crippen LogP contribution in [0.3, 0.4) is 0 Å². The molecule has 28 heavy (non-hydrogen) atoms. The van der Waals surface area contributed by atoms with Crippen LogP contribution in [0, 0.1) is 0 Å². The second-order valence-corrected chi connectivity index (χ2v) is 6.12. The lowest BCUT2D eigenvalue weighted by atomic mass is 10.1. The number of carbonyl (C=O) groups is 2. The monoisotopic (exact) mass is 392 g/mol. The first-order valence-corrected chi connectivity index (χ1v) is 8.45. The fraction of sp³-hybridized carbons (Fsp3) is 0.412. The second kappa shape index (κ2) is 8.89. The number of aliphatic hydroxyl groups excluding tert-OH is 2. The van der Waals surface area contributed by atoms with Crippen molar-refractivity contribution in [2.75, 3.05) is 13.2 Å². The minimum atomic E-state index is -1.36. The molecule has 150 valence electrons. The Balaban J connectivity index is 1.46. The molecular formula is C17H20N4O7. The summed E-state index contributed by atoms with van der Waals surface area (Å²) in [7, 11) is 0. The first-order valence-electron chi connectivity index (χ1n) is 8.45. The zero-order valence-corrected chi connectivity index (χ0v) is 14.7. The van der Waals surface area contributed by atoms with Crippen molar-refractivity contribution < 1.29 is 34.0 Å². The van der Waals surface area contributed by atoms with Gasteiger partial charge >= 0.3 is 5.97 Å². The smallest absolute Gasteiger partial charge is 0.332 e. The van der Waals surface area contributed by atoms with Crippen LogP contribution in [0.4, 0.5) is 0 Å². The zero-order chi connectivity index (χ0) is 20.1. The quantitative estimate of drug-likeness (QED) is 0.467. The third kappa shape index (κ3) is 4.70. The molecule has 1 saturated heterocycles. The van der Waals surface area contributed by atoms with E-state index in [0.29, 0.717) is 0 Å². The van der Waals surface area contributed by atoms with Crippen LogP contribution in [0.25, 0.3) is 0 Å². The molecule has 0 bridgehead atoms. The minimum absolute atomic E-state index is 0.254. The number of nitrogens with zero attached hydrogens (tertiary/aromatic N) is 3. The molecule has 2 heterocycles. The molecule has 0 saturated carbocycles. The summed E-state index contributed by atoms with van der Waals surface area (Å²) in [5.74, 6) is -1.73. The number of rotatable bonds is 8. The number of aromatic nitrogens is 3. The molecule has 11 heteroatoms. The highest BCUT2D eigenvalue weighted by atomic mass is 16.6. The van der Waals surface area contributed by atoms with Gasteiger partial charge in [-0.2, -0.15) is 0 Å². The summed E-state index contributed by atoms with van der Waals surface area (Å²) in [6, 6.07) is 9.32. The molecule has 0 aliphatic carbocycles. The van der Waals surface area contributed by atoms with Crippen molar-refractivity contribution in [3.8, 4) is 0 Å². The first kappa shape index (κ1) is 19.9. The number of hydrogen-bond acceptors (Lipinski definition) is 9. The fourth-order valence-corrected chi connectivity index (χ4v) is 2.64. The highest BCUT2D eigenvalue weighted by Gasteiger charge is 2.45. The Bertz CT molecular complexity index is 813. The maximum atomic E-state index is 11.8. The van der Waals surface area contributed by atoms with Crippen molar-refractivity contribution in [1.82, 2.24) is 14.8 Å². The van der Waals surface area contributed by atoms with Crippen LogP contribution in [0.1, 0.15) is 22.4 Å². The van der Waals surface area contributed by atoms with Gasteiger partial charge in [0.15, 0.2) is 6.23 Å². The predicted octanol–water partition coefficient (Wildman–Crippen LogP) is -1.24. The lowest BCUT2D eigenvalue weighted by Gasteiger charge is -2.14. The highest BCUT2D eigenvalue weighted by Crippen LogP contribution is 2.28. The van der Waals surface area contributed by atoms with E-state index in [0.717, 1.165) is 16.6 Å². The number of carbonyl (C=O) groups excluding carboxylic acids is 2. The number of primary amides is 1. The van der Waals surface area contributed by atoms with Crippen molar-refractivity contribution in [3.63, 3.8) is 0 Å². The van der Waals surface area contributed by atoms with E-state index in [1.54, 1.807) is 0 Å². The van der Waals surface area contributed by atoms with E-state index in [9.17, 15) is 19.8 Å². The van der Waals surface area contributed by atoms with Gasteiger partial charge in [0.2, 0.25) is 5.82 Å². The molecule has 3 unspecified atom stereocenters. The van der Waals surface area contributed by atoms with Crippen molar-refractivity contribution in [1.29, 1.82) is 0 Å². The Morgan fingerprint density at radius 2 is 1.96 bits per heavy atom. The van der Waals surface area contributed by atoms with Crippen LogP contribution < -0.4 is 5.73 Å². The normalized spacial score (nSPS) is 24.2. The minimum Gasteiger partial charge on any atom is -0.461 e. The average molecular weight is 392 g/mol. The van der Waals surface area contributed by atoms with Gasteiger partial charge in [-0.1, -0.05) is 30.3 Å². The summed E-state index contributed by atoms with van der Waals surface area (Å²) >= 11 is 0. The SMILES string of the molecule is NC(=O)c1ncn(C2OC(COC(=O)COCc3ccccc3)C(O)[C@H]2O)n1. The number of hydrogen-bond donors (Lipinski definition) is 3. The summed E-state index contributed by atoms with van der Waals surface area (Å²) in [6.07, 6.45) is -3.63. The molecule has 1 fully saturated rings. The van der Waals surface area contributed by atoms with E-state index in [1.807, 2.05) is 30.3 Å². The van der Waals surface area contributed by atoms with Crippen molar-refractivity contribution >= 4 is 11.9 Å². The third-order valence-corrected chi connectivity index (χ3v) is 4.07. The molecule has 0 spiro atoms. The van der Waals surface area contributed by atoms with E-state index in [2.05, 4.69) is 10.1 Å². The van der Waals surface area contributed by atoms with Gasteiger partial charge in [0.05, 0.1) is 6.61 Å². The van der Waals surface area contributed by atoms with Crippen molar-refractivity contribution in [2.45, 2.75) is 31.1 Å². The van der Waals surface area contributed by atoms with Crippen LogP contribution in [0.2, 0.25) is 0 Å². The van der Waals surface area contributed by atoms with E-state index < -0.39 is 36.4 Å². The first-order chi connectivity index (χ1) is 13.5. The topological polar surface area (TPSA) is 159 Å². The highest BCUT2D eigenvalue weighted by molar-refractivity contribution is 5.88. The van der Waals surface area contributed by atoms with E-state index in [1.165, 1.54) is 0 Å². The number of aliphatic hydroxyl groups is 2. The molecule has 4 N–H and O–H groups in total. The van der Waals surface area contributed by atoms with Gasteiger partial charge in [-0.25, -0.2) is 14.5 Å². The Labute approximate surface area is 159 Å². The van der Waals surface area contributed by atoms with E-state index in [4.69, 9.17) is 19.9 Å². The summed E-state index contributed by atoms with van der Waals surface area (Å²) in [5, 5.41) is 24.0. The van der Waals surface area contributed by atoms with Crippen molar-refractivity contribution in [2.24, 2.45) is 5.73 Å². The van der Waals surface area contributed by atoms with Gasteiger partial charge in [0.1, 0.15) is 37.9 Å². The summed E-state index contributed by atoms with van der Waals surface area (Å²) in [5.41, 5.74) is 5.99. The lowest BCUT2D eigenvalue weighted by Crippen LogP contribution is -2.34. The van der Waals surface area contributed by atoms with Gasteiger partial charge in [0, 0.05) is 0 Å². The number of benzene rings is 1. The second-order valence-electron chi connectivity index (χ2n) is 6.12. The molecule has 4 atom stereocenters. The van der Waals surface area contributed by atoms with Gasteiger partial charge in [-0.15, -0.1) is 5.10 Å².